The van der Waals surface area contributed by atoms with Crippen molar-refractivity contribution in [3.05, 3.63) is 29.8 Å². The van der Waals surface area contributed by atoms with Crippen molar-refractivity contribution in [1.29, 1.82) is 0 Å². The topological polar surface area (TPSA) is 96.4 Å². The minimum Gasteiger partial charge on any atom is -0.369 e. The summed E-state index contributed by atoms with van der Waals surface area (Å²) in [6.45, 7) is 14.6. The summed E-state index contributed by atoms with van der Waals surface area (Å²) < 4.78 is 0. The predicted molar refractivity (Wildman–Crippen MR) is 161 cm³/mol. The molecule has 0 bridgehead atoms. The van der Waals surface area contributed by atoms with Crippen LogP contribution in [0.3, 0.4) is 0 Å². The Kier molecular flexibility index (Phi) is 11.2. The molecule has 9 nitrogen and oxygen atoms in total. The van der Waals surface area contributed by atoms with Crippen LogP contribution >= 0.6 is 0 Å². The highest BCUT2D eigenvalue weighted by molar-refractivity contribution is 6.02. The van der Waals surface area contributed by atoms with Crippen molar-refractivity contribution in [1.82, 2.24) is 20.2 Å². The number of benzene rings is 1. The average molecular weight is 570 g/mol. The van der Waals surface area contributed by atoms with Crippen molar-refractivity contribution in [3.8, 4) is 0 Å². The molecule has 4 rings (SSSR count). The van der Waals surface area contributed by atoms with E-state index in [4.69, 9.17) is 0 Å². The minimum atomic E-state index is -0.727. The summed E-state index contributed by atoms with van der Waals surface area (Å²) >= 11 is 0. The zero-order valence-electron chi connectivity index (χ0n) is 25.4. The maximum atomic E-state index is 13.7. The molecule has 2 aliphatic heterocycles. The first-order chi connectivity index (χ1) is 19.6. The Morgan fingerprint density at radius 1 is 0.951 bits per heavy atom. The lowest BCUT2D eigenvalue weighted by Gasteiger charge is -2.37. The molecule has 0 radical (unpaired) electrons. The van der Waals surface area contributed by atoms with Crippen LogP contribution < -0.4 is 10.2 Å². The fourth-order valence-electron chi connectivity index (χ4n) is 6.64. The predicted octanol–water partition coefficient (Wildman–Crippen LogP) is 3.66. The van der Waals surface area contributed by atoms with Gasteiger partial charge in [-0.3, -0.25) is 24.5 Å². The minimum absolute atomic E-state index is 0.0723. The zero-order valence-corrected chi connectivity index (χ0v) is 25.4. The Balaban J connectivity index is 1.35. The Morgan fingerprint density at radius 3 is 2.10 bits per heavy atom. The van der Waals surface area contributed by atoms with Crippen molar-refractivity contribution in [3.63, 3.8) is 0 Å². The monoisotopic (exact) mass is 569 g/mol. The number of anilines is 1. The van der Waals surface area contributed by atoms with Crippen molar-refractivity contribution >= 4 is 23.8 Å². The van der Waals surface area contributed by atoms with Crippen LogP contribution in [0.4, 0.5) is 5.69 Å². The van der Waals surface area contributed by atoms with E-state index in [0.717, 1.165) is 64.1 Å². The van der Waals surface area contributed by atoms with Crippen LogP contribution in [0, 0.1) is 17.3 Å². The van der Waals surface area contributed by atoms with Crippen LogP contribution in [0.15, 0.2) is 24.3 Å². The molecule has 2 N–H and O–H groups in total. The van der Waals surface area contributed by atoms with Gasteiger partial charge in [0.1, 0.15) is 0 Å². The first-order valence-electron chi connectivity index (χ1n) is 15.7. The third kappa shape index (κ3) is 9.00. The molecule has 2 heterocycles. The number of piperazine rings is 1. The molecule has 0 unspecified atom stereocenters. The number of hydrogen-bond donors (Lipinski definition) is 2. The number of rotatable bonds is 13. The summed E-state index contributed by atoms with van der Waals surface area (Å²) in [5.74, 6) is -0.582. The van der Waals surface area contributed by atoms with Crippen LogP contribution in [-0.4, -0.2) is 103 Å². The van der Waals surface area contributed by atoms with Gasteiger partial charge in [-0.1, -0.05) is 46.5 Å². The van der Waals surface area contributed by atoms with E-state index in [1.165, 1.54) is 32.5 Å². The van der Waals surface area contributed by atoms with E-state index in [1.807, 2.05) is 45.0 Å². The lowest BCUT2D eigenvalue weighted by molar-refractivity contribution is -0.155. The lowest BCUT2D eigenvalue weighted by Crippen LogP contribution is -2.52. The first-order valence-corrected chi connectivity index (χ1v) is 15.7. The molecular formula is C32H51N5O4. The normalized spacial score (nSPS) is 20.6. The Hall–Kier alpha value is -2.49. The van der Waals surface area contributed by atoms with Crippen molar-refractivity contribution in [2.75, 3.05) is 63.8 Å². The maximum Gasteiger partial charge on any atom is 0.233 e. The molecule has 3 aliphatic rings. The number of Topliss-reactive ketones (excluding diaryl/α,β-unsaturated/α-hetero) is 1. The molecule has 2 amide bonds. The van der Waals surface area contributed by atoms with Crippen LogP contribution in [0.25, 0.3) is 0 Å². The maximum absolute atomic E-state index is 13.7. The molecule has 1 saturated carbocycles. The van der Waals surface area contributed by atoms with Gasteiger partial charge in [-0.15, -0.1) is 0 Å². The molecular weight excluding hydrogens is 518 g/mol. The molecule has 2 saturated heterocycles. The second kappa shape index (κ2) is 14.6. The highest BCUT2D eigenvalue weighted by Crippen LogP contribution is 2.31. The Labute approximate surface area is 246 Å². The van der Waals surface area contributed by atoms with Crippen LogP contribution in [0.5, 0.6) is 0 Å². The van der Waals surface area contributed by atoms with Crippen LogP contribution in [0.2, 0.25) is 0 Å². The lowest BCUT2D eigenvalue weighted by atomic mass is 9.81. The number of nitrogens with one attached hydrogen (secondary N) is 1. The molecule has 1 aromatic rings. The second-order valence-electron chi connectivity index (χ2n) is 13.4. The standard InChI is InChI=1S/C32H51N5O4/c1-32(2,3)30(33-31(40)27(23-37(41)24-38)22-25-8-4-5-9-25)29(39)26-10-12-28(13-11-26)36-20-18-35(19-21-36)17-16-34-14-6-7-15-34/h10-13,24-25,27,30,41H,4-9,14-23H2,1-3H3,(H,33,40)/t27-,30-/m1/s1. The smallest absolute Gasteiger partial charge is 0.233 e. The molecule has 0 aromatic heterocycles. The molecule has 3 fully saturated rings. The SMILES string of the molecule is CC(C)(C)[C@H](NC(=O)[C@H](CC1CCCC1)CN(O)C=O)C(=O)c1ccc(N2CCN(CCN3CCCC3)CC2)cc1. The van der Waals surface area contributed by atoms with Gasteiger partial charge < -0.3 is 15.1 Å². The molecule has 0 spiro atoms. The summed E-state index contributed by atoms with van der Waals surface area (Å²) in [6, 6.07) is 7.06. The number of ketones is 1. The number of nitrogens with zero attached hydrogens (tertiary/aromatic N) is 4. The molecule has 41 heavy (non-hydrogen) atoms. The van der Waals surface area contributed by atoms with Crippen molar-refractivity contribution in [2.24, 2.45) is 17.3 Å². The van der Waals surface area contributed by atoms with Gasteiger partial charge >= 0.3 is 0 Å². The van der Waals surface area contributed by atoms with Crippen LogP contribution in [0.1, 0.15) is 76.1 Å². The molecule has 1 aromatic carbocycles. The third-order valence-corrected chi connectivity index (χ3v) is 9.23. The van der Waals surface area contributed by atoms with Crippen molar-refractivity contribution in [2.45, 2.75) is 71.8 Å². The number of hydroxylamine groups is 2. The van der Waals surface area contributed by atoms with E-state index in [9.17, 15) is 19.6 Å². The van der Waals surface area contributed by atoms with Gasteiger partial charge in [-0.2, -0.15) is 0 Å². The molecule has 1 aliphatic carbocycles. The van der Waals surface area contributed by atoms with E-state index in [2.05, 4.69) is 20.0 Å². The van der Waals surface area contributed by atoms with E-state index >= 15 is 0 Å². The fraction of sp³-hybridized carbons (Fsp3) is 0.719. The van der Waals surface area contributed by atoms with Gasteiger partial charge in [0.25, 0.3) is 0 Å². The van der Waals surface area contributed by atoms with Gasteiger partial charge in [-0.25, -0.2) is 5.06 Å². The summed E-state index contributed by atoms with van der Waals surface area (Å²) in [7, 11) is 0. The van der Waals surface area contributed by atoms with Gasteiger partial charge in [0, 0.05) is 50.5 Å². The van der Waals surface area contributed by atoms with Gasteiger partial charge in [0.05, 0.1) is 18.5 Å². The summed E-state index contributed by atoms with van der Waals surface area (Å²) in [5.41, 5.74) is 1.17. The van der Waals surface area contributed by atoms with Gasteiger partial charge in [0.15, 0.2) is 5.78 Å². The van der Waals surface area contributed by atoms with Crippen LogP contribution in [-0.2, 0) is 9.59 Å². The number of carbonyl (C=O) groups excluding carboxylic acids is 3. The third-order valence-electron chi connectivity index (χ3n) is 9.23. The molecule has 9 heteroatoms. The summed E-state index contributed by atoms with van der Waals surface area (Å²) in [5, 5.41) is 13.4. The van der Waals surface area contributed by atoms with Gasteiger partial charge in [0.2, 0.25) is 12.3 Å². The number of carbonyl (C=O) groups is 3. The summed E-state index contributed by atoms with van der Waals surface area (Å²) in [6.07, 6.45) is 7.99. The summed E-state index contributed by atoms with van der Waals surface area (Å²) in [4.78, 5) is 45.8. The quantitative estimate of drug-likeness (QED) is 0.162. The van der Waals surface area contributed by atoms with E-state index < -0.39 is 17.4 Å². The fourth-order valence-corrected chi connectivity index (χ4v) is 6.64. The average Bonchev–Trinajstić information content (AvgIpc) is 3.68. The van der Waals surface area contributed by atoms with Gasteiger partial charge in [-0.05, 0) is 68.0 Å². The van der Waals surface area contributed by atoms with E-state index in [-0.39, 0.29) is 18.2 Å². The van der Waals surface area contributed by atoms with Crippen molar-refractivity contribution < 1.29 is 19.6 Å². The van der Waals surface area contributed by atoms with E-state index in [1.54, 1.807) is 0 Å². The highest BCUT2D eigenvalue weighted by atomic mass is 16.5. The number of amides is 2. The first kappa shape index (κ1) is 31.4. The highest BCUT2D eigenvalue weighted by Gasteiger charge is 2.36. The van der Waals surface area contributed by atoms with E-state index in [0.29, 0.717) is 29.4 Å². The Bertz CT molecular complexity index is 990. The molecule has 2 atom stereocenters. The number of likely N-dealkylation sites (tertiary alicyclic amines) is 1. The Morgan fingerprint density at radius 2 is 1.54 bits per heavy atom. The largest absolute Gasteiger partial charge is 0.369 e. The molecule has 228 valence electrons. The zero-order chi connectivity index (χ0) is 29.4. The second-order valence-corrected chi connectivity index (χ2v) is 13.4. The number of hydrogen-bond acceptors (Lipinski definition) is 7.